The van der Waals surface area contributed by atoms with Gasteiger partial charge in [-0.05, 0) is 49.6 Å². The summed E-state index contributed by atoms with van der Waals surface area (Å²) in [5.41, 5.74) is 3.69. The number of aromatic nitrogens is 2. The second kappa shape index (κ2) is 7.19. The van der Waals surface area contributed by atoms with Gasteiger partial charge < -0.3 is 10.2 Å². The molecule has 136 valence electrons. The van der Waals surface area contributed by atoms with Crippen molar-refractivity contribution in [1.82, 2.24) is 10.2 Å². The number of rotatable bonds is 4. The zero-order chi connectivity index (χ0) is 18.8. The monoisotopic (exact) mass is 358 g/mol. The summed E-state index contributed by atoms with van der Waals surface area (Å²) >= 11 is 0. The first-order valence-corrected chi connectivity index (χ1v) is 9.20. The zero-order valence-electron chi connectivity index (χ0n) is 15.5. The number of carbonyl (C=O) groups is 1. The topological polar surface area (TPSA) is 58.1 Å². The third-order valence-corrected chi connectivity index (χ3v) is 4.97. The van der Waals surface area contributed by atoms with E-state index in [0.29, 0.717) is 11.5 Å². The molecule has 1 aromatic heterocycles. The lowest BCUT2D eigenvalue weighted by atomic mass is 10.1. The molecular weight excluding hydrogens is 336 g/mol. The van der Waals surface area contributed by atoms with Gasteiger partial charge in [-0.15, -0.1) is 10.2 Å². The van der Waals surface area contributed by atoms with Crippen molar-refractivity contribution in [3.63, 3.8) is 0 Å². The quantitative estimate of drug-likeness (QED) is 0.758. The maximum absolute atomic E-state index is 13.0. The van der Waals surface area contributed by atoms with Crippen molar-refractivity contribution in [3.8, 4) is 0 Å². The average Bonchev–Trinajstić information content (AvgIpc) is 3.04. The Kier molecular flexibility index (Phi) is 4.59. The minimum absolute atomic E-state index is 0.104. The fourth-order valence-corrected chi connectivity index (χ4v) is 3.57. The fourth-order valence-electron chi connectivity index (χ4n) is 3.57. The highest BCUT2D eigenvalue weighted by molar-refractivity contribution is 6.06. The van der Waals surface area contributed by atoms with Crippen LogP contribution in [-0.4, -0.2) is 22.1 Å². The third kappa shape index (κ3) is 3.40. The largest absolute Gasteiger partial charge is 0.362 e. The molecule has 2 atom stereocenters. The molecule has 0 spiro atoms. The SMILES string of the molecule is CC(Nc1ccc(C(=O)N2c3ccccc3CC2C)nn1)c1ccccc1. The number of nitrogens with one attached hydrogen (secondary N) is 1. The molecule has 4 rings (SSSR count). The van der Waals surface area contributed by atoms with Crippen LogP contribution in [0.2, 0.25) is 0 Å². The Bertz CT molecular complexity index is 940. The molecule has 0 radical (unpaired) electrons. The average molecular weight is 358 g/mol. The number of hydrogen-bond acceptors (Lipinski definition) is 4. The summed E-state index contributed by atoms with van der Waals surface area (Å²) in [6, 6.07) is 21.9. The maximum Gasteiger partial charge on any atom is 0.279 e. The van der Waals surface area contributed by atoms with Crippen molar-refractivity contribution in [3.05, 3.63) is 83.6 Å². The van der Waals surface area contributed by atoms with Crippen molar-refractivity contribution in [2.24, 2.45) is 0 Å². The minimum atomic E-state index is -0.109. The van der Waals surface area contributed by atoms with E-state index in [1.165, 1.54) is 11.1 Å². The first-order valence-electron chi connectivity index (χ1n) is 9.20. The van der Waals surface area contributed by atoms with Gasteiger partial charge in [0.05, 0.1) is 0 Å². The van der Waals surface area contributed by atoms with Crippen molar-refractivity contribution in [1.29, 1.82) is 0 Å². The van der Waals surface area contributed by atoms with E-state index in [4.69, 9.17) is 0 Å². The van der Waals surface area contributed by atoms with E-state index < -0.39 is 0 Å². The third-order valence-electron chi connectivity index (χ3n) is 4.97. The number of benzene rings is 2. The van der Waals surface area contributed by atoms with Crippen LogP contribution in [-0.2, 0) is 6.42 Å². The highest BCUT2D eigenvalue weighted by Gasteiger charge is 2.32. The Morgan fingerprint density at radius 1 is 1.04 bits per heavy atom. The molecule has 1 aliphatic heterocycles. The predicted molar refractivity (Wildman–Crippen MR) is 107 cm³/mol. The summed E-state index contributed by atoms with van der Waals surface area (Å²) in [5.74, 6) is 0.542. The molecule has 2 unspecified atom stereocenters. The van der Waals surface area contributed by atoms with Crippen molar-refractivity contribution >= 4 is 17.4 Å². The van der Waals surface area contributed by atoms with Gasteiger partial charge in [0.25, 0.3) is 5.91 Å². The molecule has 0 saturated carbocycles. The maximum atomic E-state index is 13.0. The molecule has 3 aromatic rings. The number of nitrogens with zero attached hydrogens (tertiary/aromatic N) is 3. The van der Waals surface area contributed by atoms with Crippen molar-refractivity contribution in [2.75, 3.05) is 10.2 Å². The van der Waals surface area contributed by atoms with Crippen LogP contribution in [0.5, 0.6) is 0 Å². The first-order chi connectivity index (χ1) is 13.1. The van der Waals surface area contributed by atoms with Gasteiger partial charge in [-0.3, -0.25) is 4.79 Å². The van der Waals surface area contributed by atoms with Gasteiger partial charge in [0.15, 0.2) is 5.69 Å². The number of hydrogen-bond donors (Lipinski definition) is 1. The van der Waals surface area contributed by atoms with Crippen LogP contribution in [0.1, 0.15) is 41.5 Å². The summed E-state index contributed by atoms with van der Waals surface area (Å²) < 4.78 is 0. The van der Waals surface area contributed by atoms with Gasteiger partial charge >= 0.3 is 0 Å². The number of amides is 1. The van der Waals surface area contributed by atoms with Crippen LogP contribution in [0.25, 0.3) is 0 Å². The fraction of sp³-hybridized carbons (Fsp3) is 0.227. The lowest BCUT2D eigenvalue weighted by molar-refractivity contribution is 0.0975. The van der Waals surface area contributed by atoms with Gasteiger partial charge in [-0.2, -0.15) is 0 Å². The van der Waals surface area contributed by atoms with Crippen LogP contribution < -0.4 is 10.2 Å². The smallest absolute Gasteiger partial charge is 0.279 e. The number of fused-ring (bicyclic) bond motifs is 1. The molecule has 5 nitrogen and oxygen atoms in total. The van der Waals surface area contributed by atoms with E-state index in [2.05, 4.69) is 47.6 Å². The van der Waals surface area contributed by atoms with Gasteiger partial charge in [-0.25, -0.2) is 0 Å². The zero-order valence-corrected chi connectivity index (χ0v) is 15.5. The number of para-hydroxylation sites is 1. The van der Waals surface area contributed by atoms with Crippen LogP contribution >= 0.6 is 0 Å². The van der Waals surface area contributed by atoms with E-state index in [1.807, 2.05) is 47.4 Å². The van der Waals surface area contributed by atoms with E-state index in [1.54, 1.807) is 6.07 Å². The first kappa shape index (κ1) is 17.2. The molecule has 1 N–H and O–H groups in total. The number of anilines is 2. The molecule has 5 heteroatoms. The lowest BCUT2D eigenvalue weighted by Gasteiger charge is -2.22. The summed E-state index contributed by atoms with van der Waals surface area (Å²) in [6.45, 7) is 4.13. The Morgan fingerprint density at radius 3 is 2.52 bits per heavy atom. The summed E-state index contributed by atoms with van der Waals surface area (Å²) in [5, 5.41) is 11.7. The molecule has 2 aromatic carbocycles. The van der Waals surface area contributed by atoms with Crippen molar-refractivity contribution in [2.45, 2.75) is 32.4 Å². The molecule has 1 aliphatic rings. The standard InChI is InChI=1S/C22H22N4O/c1-15-14-18-10-6-7-11-20(18)26(15)22(27)19-12-13-21(25-24-19)23-16(2)17-8-4-3-5-9-17/h3-13,15-16H,14H2,1-2H3,(H,23,25). The van der Waals surface area contributed by atoms with Crippen LogP contribution in [0, 0.1) is 0 Å². The highest BCUT2D eigenvalue weighted by Crippen LogP contribution is 2.32. The summed E-state index contributed by atoms with van der Waals surface area (Å²) in [4.78, 5) is 14.8. The van der Waals surface area contributed by atoms with Gasteiger partial charge in [-0.1, -0.05) is 48.5 Å². The molecule has 2 heterocycles. The summed E-state index contributed by atoms with van der Waals surface area (Å²) in [7, 11) is 0. The second-order valence-corrected chi connectivity index (χ2v) is 6.94. The van der Waals surface area contributed by atoms with E-state index in [0.717, 1.165) is 12.1 Å². The predicted octanol–water partition coefficient (Wildman–Crippen LogP) is 4.24. The van der Waals surface area contributed by atoms with Crippen LogP contribution in [0.3, 0.4) is 0 Å². The Labute approximate surface area is 159 Å². The lowest BCUT2D eigenvalue weighted by Crippen LogP contribution is -2.36. The Balaban J connectivity index is 1.50. The van der Waals surface area contributed by atoms with E-state index in [-0.39, 0.29) is 18.0 Å². The minimum Gasteiger partial charge on any atom is -0.362 e. The Hall–Kier alpha value is -3.21. The normalized spacial score (nSPS) is 16.7. The summed E-state index contributed by atoms with van der Waals surface area (Å²) in [6.07, 6.45) is 0.865. The highest BCUT2D eigenvalue weighted by atomic mass is 16.2. The van der Waals surface area contributed by atoms with Gasteiger partial charge in [0.2, 0.25) is 0 Å². The molecule has 0 aliphatic carbocycles. The molecule has 1 amide bonds. The Morgan fingerprint density at radius 2 is 1.78 bits per heavy atom. The molecule has 0 fully saturated rings. The molecular formula is C22H22N4O. The number of carbonyl (C=O) groups excluding carboxylic acids is 1. The van der Waals surface area contributed by atoms with E-state index >= 15 is 0 Å². The molecule has 27 heavy (non-hydrogen) atoms. The molecule has 0 saturated heterocycles. The second-order valence-electron chi connectivity index (χ2n) is 6.94. The van der Waals surface area contributed by atoms with E-state index in [9.17, 15) is 4.79 Å². The van der Waals surface area contributed by atoms with Crippen LogP contribution in [0.15, 0.2) is 66.7 Å². The van der Waals surface area contributed by atoms with Gasteiger partial charge in [0, 0.05) is 17.8 Å². The van der Waals surface area contributed by atoms with Gasteiger partial charge in [0.1, 0.15) is 5.82 Å². The van der Waals surface area contributed by atoms with Crippen molar-refractivity contribution < 1.29 is 4.79 Å². The molecule has 0 bridgehead atoms. The van der Waals surface area contributed by atoms with Crippen LogP contribution in [0.4, 0.5) is 11.5 Å².